The third-order valence-corrected chi connectivity index (χ3v) is 7.59. The van der Waals surface area contributed by atoms with Crippen LogP contribution in [0.15, 0.2) is 33.5 Å². The molecule has 25 heavy (non-hydrogen) atoms. The van der Waals surface area contributed by atoms with Crippen LogP contribution in [0.4, 0.5) is 11.5 Å². The van der Waals surface area contributed by atoms with Gasteiger partial charge in [-0.05, 0) is 40.0 Å². The van der Waals surface area contributed by atoms with Gasteiger partial charge in [-0.15, -0.1) is 0 Å². The summed E-state index contributed by atoms with van der Waals surface area (Å²) in [7, 11) is -2.19. The molecular weight excluding hydrogens is 426 g/mol. The molecule has 130 valence electrons. The first kappa shape index (κ1) is 13.5. The number of nitrogens with zero attached hydrogens (tertiary/aromatic N) is 4. The molecule has 0 saturated carbocycles. The lowest BCUT2D eigenvalue weighted by molar-refractivity contribution is 0.663. The van der Waals surface area contributed by atoms with E-state index < -0.39 is 16.7 Å². The van der Waals surface area contributed by atoms with Crippen molar-refractivity contribution in [1.82, 2.24) is 14.5 Å². The molecule has 1 aliphatic rings. The lowest BCUT2D eigenvalue weighted by Crippen LogP contribution is -2.22. The largest absolute Gasteiger partial charge is 0.383 e. The summed E-state index contributed by atoms with van der Waals surface area (Å²) in [6.07, 6.45) is 2.12. The Bertz CT molecular complexity index is 1220. The van der Waals surface area contributed by atoms with E-state index in [2.05, 4.69) is 30.3 Å². The van der Waals surface area contributed by atoms with Crippen molar-refractivity contribution in [2.75, 3.05) is 17.2 Å². The van der Waals surface area contributed by atoms with Crippen LogP contribution in [0, 0.1) is 0 Å². The maximum atomic E-state index is 12.4. The molecule has 1 saturated heterocycles. The van der Waals surface area contributed by atoms with Crippen molar-refractivity contribution in [1.29, 1.82) is 0 Å². The van der Waals surface area contributed by atoms with Crippen molar-refractivity contribution in [3.63, 3.8) is 0 Å². The van der Waals surface area contributed by atoms with Gasteiger partial charge in [-0.25, -0.2) is 14.2 Å². The second-order valence-electron chi connectivity index (χ2n) is 5.75. The van der Waals surface area contributed by atoms with E-state index in [0.29, 0.717) is 43.3 Å². The summed E-state index contributed by atoms with van der Waals surface area (Å²) in [5.74, 6) is 1.32. The van der Waals surface area contributed by atoms with Gasteiger partial charge in [-0.1, -0.05) is 17.7 Å². The average Bonchev–Trinajstić information content (AvgIpc) is 2.88. The van der Waals surface area contributed by atoms with E-state index in [4.69, 9.17) is 21.4 Å². The molecule has 0 radical (unpaired) electrons. The monoisotopic (exact) mass is 442 g/mol. The summed E-state index contributed by atoms with van der Waals surface area (Å²) >= 11 is 9.77. The number of nitrogens with two attached hydrogens (primary N) is 1. The fourth-order valence-electron chi connectivity index (χ4n) is 2.77. The van der Waals surface area contributed by atoms with Crippen LogP contribution in [0.25, 0.3) is 22.2 Å². The van der Waals surface area contributed by atoms with E-state index in [1.807, 2.05) is 0 Å². The summed E-state index contributed by atoms with van der Waals surface area (Å²) in [5, 5.41) is 0.736. The van der Waals surface area contributed by atoms with Gasteiger partial charge in [0.25, 0.3) is 0 Å². The van der Waals surface area contributed by atoms with Gasteiger partial charge < -0.3 is 10.3 Å². The van der Waals surface area contributed by atoms with Gasteiger partial charge in [0, 0.05) is 28.2 Å². The zero-order valence-corrected chi connectivity index (χ0v) is 16.0. The number of nitrogen functional groups attached to an aromatic ring is 1. The summed E-state index contributed by atoms with van der Waals surface area (Å²) in [5.41, 5.74) is 7.82. The Morgan fingerprint density at radius 1 is 1.44 bits per heavy atom. The number of anilines is 1. The molecule has 6 nitrogen and oxygen atoms in total. The highest BCUT2D eigenvalue weighted by Gasteiger charge is 2.21. The maximum absolute atomic E-state index is 12.4. The molecule has 3 heterocycles. The zero-order chi connectivity index (χ0) is 20.3. The number of aromatic nitrogens is 3. The van der Waals surface area contributed by atoms with Crippen LogP contribution >= 0.6 is 27.5 Å². The maximum Gasteiger partial charge on any atom is 0.146 e. The highest BCUT2D eigenvalue weighted by Crippen LogP contribution is 2.41. The van der Waals surface area contributed by atoms with Crippen molar-refractivity contribution in [3.05, 3.63) is 34.2 Å². The molecule has 0 bridgehead atoms. The molecule has 3 aromatic rings. The van der Waals surface area contributed by atoms with E-state index in [1.54, 1.807) is 18.2 Å². The molecular formula is C16H15BrClN5OS. The van der Waals surface area contributed by atoms with E-state index in [1.165, 1.54) is 6.33 Å². The Morgan fingerprint density at radius 2 is 2.24 bits per heavy atom. The minimum absolute atomic E-state index is 0.158. The van der Waals surface area contributed by atoms with Crippen LogP contribution in [0.1, 0.15) is 10.5 Å². The third-order valence-electron chi connectivity index (χ3n) is 4.15. The van der Waals surface area contributed by atoms with Crippen molar-refractivity contribution in [3.8, 4) is 11.1 Å². The molecule has 1 aromatic carbocycles. The van der Waals surface area contributed by atoms with E-state index in [0.717, 1.165) is 11.0 Å². The smallest absolute Gasteiger partial charge is 0.146 e. The SMILES string of the molecule is [2H]C([2H])([2H])n1c(Br)c(-c2ccc(N=S3(=O)CCC3)c(Cl)c2)c2c(N)ncnc21. The van der Waals surface area contributed by atoms with Crippen LogP contribution in [0.5, 0.6) is 0 Å². The van der Waals surface area contributed by atoms with Gasteiger partial charge in [0.1, 0.15) is 17.8 Å². The second-order valence-corrected chi connectivity index (χ2v) is 9.45. The van der Waals surface area contributed by atoms with Gasteiger partial charge in [0.2, 0.25) is 0 Å². The summed E-state index contributed by atoms with van der Waals surface area (Å²) < 4.78 is 41.6. The summed E-state index contributed by atoms with van der Waals surface area (Å²) in [6.45, 7) is -2.47. The number of benzene rings is 1. The minimum Gasteiger partial charge on any atom is -0.383 e. The zero-order valence-electron chi connectivity index (χ0n) is 15.9. The molecule has 0 spiro atoms. The Balaban J connectivity index is 1.95. The predicted molar refractivity (Wildman–Crippen MR) is 106 cm³/mol. The van der Waals surface area contributed by atoms with Gasteiger partial charge in [0.15, 0.2) is 0 Å². The normalized spacial score (nSPS) is 18.2. The first-order valence-corrected chi connectivity index (χ1v) is 10.5. The Hall–Kier alpha value is -1.64. The van der Waals surface area contributed by atoms with Crippen LogP contribution in [0.3, 0.4) is 0 Å². The molecule has 2 aromatic heterocycles. The fraction of sp³-hybridized carbons (Fsp3) is 0.250. The van der Waals surface area contributed by atoms with Gasteiger partial charge in [-0.3, -0.25) is 0 Å². The molecule has 0 amide bonds. The van der Waals surface area contributed by atoms with Crippen molar-refractivity contribution < 1.29 is 8.32 Å². The minimum atomic E-state index is -2.47. The number of halogens is 2. The Morgan fingerprint density at radius 3 is 2.88 bits per heavy atom. The number of fused-ring (bicyclic) bond motifs is 1. The predicted octanol–water partition coefficient (Wildman–Crippen LogP) is 4.14. The van der Waals surface area contributed by atoms with E-state index >= 15 is 0 Å². The number of aryl methyl sites for hydroxylation is 1. The number of hydrogen-bond donors (Lipinski definition) is 1. The first-order chi connectivity index (χ1) is 13.1. The number of hydrogen-bond acceptors (Lipinski definition) is 5. The standard InChI is InChI=1S/C16H15BrClN5OS/c1-23-14(17)12(13-15(19)20-8-21-16(13)23)9-3-4-11(10(18)7-9)22-25(24)5-2-6-25/h3-4,7-8H,2,5-6H2,1H3,(H2,19,20,21)/i1D3. The third kappa shape index (κ3) is 2.72. The average molecular weight is 444 g/mol. The quantitative estimate of drug-likeness (QED) is 0.645. The molecule has 0 atom stereocenters. The van der Waals surface area contributed by atoms with Crippen LogP contribution in [0.2, 0.25) is 5.02 Å². The lowest BCUT2D eigenvalue weighted by atomic mass is 10.1. The molecule has 9 heteroatoms. The van der Waals surface area contributed by atoms with Crippen LogP contribution in [-0.4, -0.2) is 30.2 Å². The summed E-state index contributed by atoms with van der Waals surface area (Å²) in [6, 6.07) is 5.06. The van der Waals surface area contributed by atoms with Crippen LogP contribution < -0.4 is 5.73 Å². The molecule has 1 fully saturated rings. The van der Waals surface area contributed by atoms with Gasteiger partial charge >= 0.3 is 0 Å². The number of rotatable bonds is 2. The lowest BCUT2D eigenvalue weighted by Gasteiger charge is -2.18. The molecule has 4 rings (SSSR count). The van der Waals surface area contributed by atoms with Gasteiger partial charge in [0.05, 0.1) is 30.4 Å². The van der Waals surface area contributed by atoms with Crippen molar-refractivity contribution in [2.45, 2.75) is 6.42 Å². The molecule has 2 N–H and O–H groups in total. The molecule has 0 unspecified atom stereocenters. The van der Waals surface area contributed by atoms with Crippen LogP contribution in [-0.2, 0) is 16.7 Å². The highest BCUT2D eigenvalue weighted by atomic mass is 79.9. The fourth-order valence-corrected chi connectivity index (χ4v) is 5.12. The van der Waals surface area contributed by atoms with E-state index in [-0.39, 0.29) is 11.5 Å². The topological polar surface area (TPSA) is 86.2 Å². The second kappa shape index (κ2) is 5.96. The highest BCUT2D eigenvalue weighted by molar-refractivity contribution is 9.10. The molecule has 0 aliphatic carbocycles. The molecule has 1 aliphatic heterocycles. The Labute approximate surface area is 162 Å². The van der Waals surface area contributed by atoms with Crippen molar-refractivity contribution in [2.24, 2.45) is 11.3 Å². The van der Waals surface area contributed by atoms with Crippen molar-refractivity contribution >= 4 is 59.8 Å². The Kier molecular flexibility index (Phi) is 3.23. The summed E-state index contributed by atoms with van der Waals surface area (Å²) in [4.78, 5) is 8.11. The van der Waals surface area contributed by atoms with Gasteiger partial charge in [-0.2, -0.15) is 4.36 Å². The first-order valence-electron chi connectivity index (χ1n) is 8.94. The van der Waals surface area contributed by atoms with E-state index in [9.17, 15) is 4.21 Å².